The fraction of sp³-hybridized carbons (Fsp3) is 0.769. The molecule has 0 aliphatic rings. The molecule has 0 unspecified atom stereocenters. The molecule has 1 heterocycles. The average molecular weight is 272 g/mol. The first-order valence-corrected chi connectivity index (χ1v) is 7.14. The molecular weight excluding hydrogens is 248 g/mol. The van der Waals surface area contributed by atoms with Gasteiger partial charge in [0.05, 0.1) is 30.5 Å². The lowest BCUT2D eigenvalue weighted by Crippen LogP contribution is -2.20. The molecule has 1 aromatic heterocycles. The van der Waals surface area contributed by atoms with Crippen molar-refractivity contribution in [3.05, 3.63) is 16.1 Å². The van der Waals surface area contributed by atoms with Crippen molar-refractivity contribution in [2.24, 2.45) is 0 Å². The van der Waals surface area contributed by atoms with Crippen molar-refractivity contribution in [1.82, 2.24) is 10.3 Å². The van der Waals surface area contributed by atoms with Gasteiger partial charge in [0.15, 0.2) is 0 Å². The first-order chi connectivity index (χ1) is 8.54. The topological polar surface area (TPSA) is 43.4 Å². The summed E-state index contributed by atoms with van der Waals surface area (Å²) in [5.41, 5.74) is 1.26. The quantitative estimate of drug-likeness (QED) is 0.737. The maximum absolute atomic E-state index is 5.37. The van der Waals surface area contributed by atoms with Gasteiger partial charge in [-0.05, 0) is 0 Å². The van der Waals surface area contributed by atoms with E-state index in [2.05, 4.69) is 36.5 Å². The van der Waals surface area contributed by atoms with Crippen LogP contribution in [-0.4, -0.2) is 38.5 Å². The monoisotopic (exact) mass is 272 g/mol. The van der Waals surface area contributed by atoms with Crippen LogP contribution in [-0.2, 0) is 21.4 Å². The molecule has 0 radical (unpaired) electrons. The van der Waals surface area contributed by atoms with Gasteiger partial charge in [0.1, 0.15) is 0 Å². The molecule has 0 aliphatic heterocycles. The first kappa shape index (κ1) is 15.6. The van der Waals surface area contributed by atoms with E-state index in [0.29, 0.717) is 19.8 Å². The third-order valence-electron chi connectivity index (χ3n) is 2.35. The van der Waals surface area contributed by atoms with Crippen LogP contribution in [0.15, 0.2) is 5.38 Å². The number of hydrogen-bond acceptors (Lipinski definition) is 5. The molecule has 0 bridgehead atoms. The number of hydrogen-bond donors (Lipinski definition) is 1. The van der Waals surface area contributed by atoms with Crippen molar-refractivity contribution in [3.8, 4) is 0 Å². The molecule has 0 aliphatic carbocycles. The summed E-state index contributed by atoms with van der Waals surface area (Å²) in [6.07, 6.45) is 0. The van der Waals surface area contributed by atoms with Crippen LogP contribution >= 0.6 is 11.3 Å². The predicted octanol–water partition coefficient (Wildman–Crippen LogP) is 2.19. The Morgan fingerprint density at radius 1 is 1.28 bits per heavy atom. The van der Waals surface area contributed by atoms with Crippen LogP contribution in [0.5, 0.6) is 0 Å². The van der Waals surface area contributed by atoms with Gasteiger partial charge in [-0.15, -0.1) is 11.3 Å². The van der Waals surface area contributed by atoms with E-state index in [-0.39, 0.29) is 5.41 Å². The molecular formula is C13H24N2O2S. The lowest BCUT2D eigenvalue weighted by atomic mass is 9.98. The fourth-order valence-corrected chi connectivity index (χ4v) is 2.24. The van der Waals surface area contributed by atoms with Crippen molar-refractivity contribution in [2.45, 2.75) is 32.7 Å². The molecule has 1 aromatic rings. The second-order valence-electron chi connectivity index (χ2n) is 5.18. The molecule has 4 nitrogen and oxygen atoms in total. The Morgan fingerprint density at radius 2 is 2.06 bits per heavy atom. The van der Waals surface area contributed by atoms with Crippen molar-refractivity contribution < 1.29 is 9.47 Å². The van der Waals surface area contributed by atoms with Gasteiger partial charge in [0.25, 0.3) is 0 Å². The molecule has 0 aromatic carbocycles. The van der Waals surface area contributed by atoms with Crippen LogP contribution < -0.4 is 5.32 Å². The third kappa shape index (κ3) is 5.91. The zero-order chi connectivity index (χ0) is 13.4. The van der Waals surface area contributed by atoms with Gasteiger partial charge in [0.2, 0.25) is 0 Å². The highest BCUT2D eigenvalue weighted by atomic mass is 32.1. The molecule has 5 heteroatoms. The summed E-state index contributed by atoms with van der Waals surface area (Å²) < 4.78 is 10.3. The van der Waals surface area contributed by atoms with Gasteiger partial charge in [0, 0.05) is 31.0 Å². The van der Waals surface area contributed by atoms with E-state index >= 15 is 0 Å². The summed E-state index contributed by atoms with van der Waals surface area (Å²) in [4.78, 5) is 4.62. The summed E-state index contributed by atoms with van der Waals surface area (Å²) in [7, 11) is 1.68. The van der Waals surface area contributed by atoms with Crippen LogP contribution in [0, 0.1) is 0 Å². The maximum atomic E-state index is 5.37. The minimum atomic E-state index is 0.145. The largest absolute Gasteiger partial charge is 0.382 e. The van der Waals surface area contributed by atoms with E-state index in [9.17, 15) is 0 Å². The molecule has 0 spiro atoms. The van der Waals surface area contributed by atoms with Crippen molar-refractivity contribution in [1.29, 1.82) is 0 Å². The second kappa shape index (κ2) is 7.84. The summed E-state index contributed by atoms with van der Waals surface area (Å²) in [5, 5.41) is 6.64. The first-order valence-electron chi connectivity index (χ1n) is 6.26. The number of nitrogens with zero attached hydrogens (tertiary/aromatic N) is 1. The van der Waals surface area contributed by atoms with Gasteiger partial charge < -0.3 is 14.8 Å². The summed E-state index contributed by atoms with van der Waals surface area (Å²) >= 11 is 1.73. The van der Waals surface area contributed by atoms with Crippen LogP contribution in [0.3, 0.4) is 0 Å². The molecule has 0 atom stereocenters. The standard InChI is InChI=1S/C13H24N2O2S/c1-13(2,3)12-15-11(10-18-12)9-14-5-6-17-8-7-16-4/h10,14H,5-9H2,1-4H3. The molecule has 104 valence electrons. The Hall–Kier alpha value is -0.490. The van der Waals surface area contributed by atoms with E-state index < -0.39 is 0 Å². The van der Waals surface area contributed by atoms with Gasteiger partial charge in [-0.2, -0.15) is 0 Å². The summed E-state index contributed by atoms with van der Waals surface area (Å²) in [6, 6.07) is 0. The van der Waals surface area contributed by atoms with Crippen molar-refractivity contribution >= 4 is 11.3 Å². The van der Waals surface area contributed by atoms with E-state index in [0.717, 1.165) is 18.8 Å². The lowest BCUT2D eigenvalue weighted by Gasteiger charge is -2.13. The highest BCUT2D eigenvalue weighted by molar-refractivity contribution is 7.09. The number of thiazole rings is 1. The Labute approximate surface area is 114 Å². The highest BCUT2D eigenvalue weighted by Crippen LogP contribution is 2.25. The second-order valence-corrected chi connectivity index (χ2v) is 6.03. The number of aromatic nitrogens is 1. The third-order valence-corrected chi connectivity index (χ3v) is 3.67. The van der Waals surface area contributed by atoms with Crippen molar-refractivity contribution in [2.75, 3.05) is 33.5 Å². The van der Waals surface area contributed by atoms with Crippen molar-refractivity contribution in [3.63, 3.8) is 0 Å². The Balaban J connectivity index is 2.14. The fourth-order valence-electron chi connectivity index (χ4n) is 1.34. The van der Waals surface area contributed by atoms with Crippen LogP contribution in [0.25, 0.3) is 0 Å². The van der Waals surface area contributed by atoms with Gasteiger partial charge in [-0.3, -0.25) is 0 Å². The zero-order valence-electron chi connectivity index (χ0n) is 11.8. The molecule has 0 amide bonds. The number of rotatable bonds is 8. The summed E-state index contributed by atoms with van der Waals surface area (Å²) in [5.74, 6) is 0. The minimum absolute atomic E-state index is 0.145. The van der Waals surface area contributed by atoms with E-state index in [1.807, 2.05) is 0 Å². The van der Waals surface area contributed by atoms with Crippen LogP contribution in [0.1, 0.15) is 31.5 Å². The van der Waals surface area contributed by atoms with Gasteiger partial charge in [-0.1, -0.05) is 20.8 Å². The van der Waals surface area contributed by atoms with E-state index in [1.165, 1.54) is 5.01 Å². The Morgan fingerprint density at radius 3 is 2.67 bits per heavy atom. The molecule has 1 rings (SSSR count). The SMILES string of the molecule is COCCOCCNCc1csc(C(C)(C)C)n1. The van der Waals surface area contributed by atoms with Gasteiger partial charge in [-0.25, -0.2) is 4.98 Å². The molecule has 1 N–H and O–H groups in total. The number of methoxy groups -OCH3 is 1. The molecule has 0 saturated heterocycles. The van der Waals surface area contributed by atoms with E-state index in [4.69, 9.17) is 9.47 Å². The lowest BCUT2D eigenvalue weighted by molar-refractivity contribution is 0.0719. The maximum Gasteiger partial charge on any atom is 0.0982 e. The number of ether oxygens (including phenoxy) is 2. The average Bonchev–Trinajstić information content (AvgIpc) is 2.76. The van der Waals surface area contributed by atoms with Crippen LogP contribution in [0.2, 0.25) is 0 Å². The van der Waals surface area contributed by atoms with Gasteiger partial charge >= 0.3 is 0 Å². The summed E-state index contributed by atoms with van der Waals surface area (Å²) in [6.45, 7) is 10.2. The highest BCUT2D eigenvalue weighted by Gasteiger charge is 2.17. The van der Waals surface area contributed by atoms with Crippen LogP contribution in [0.4, 0.5) is 0 Å². The predicted molar refractivity (Wildman–Crippen MR) is 75.2 cm³/mol. The zero-order valence-corrected chi connectivity index (χ0v) is 12.6. The Kier molecular flexibility index (Phi) is 6.78. The molecule has 0 saturated carbocycles. The molecule has 18 heavy (non-hydrogen) atoms. The minimum Gasteiger partial charge on any atom is -0.382 e. The normalized spacial score (nSPS) is 12.0. The smallest absolute Gasteiger partial charge is 0.0982 e. The number of nitrogens with one attached hydrogen (secondary N) is 1. The van der Waals surface area contributed by atoms with E-state index in [1.54, 1.807) is 18.4 Å². The Bertz CT molecular complexity index is 334. The molecule has 0 fully saturated rings.